The molecule has 2 rings (SSSR count). The Morgan fingerprint density at radius 3 is 2.83 bits per heavy atom. The van der Waals surface area contributed by atoms with E-state index in [0.717, 1.165) is 31.5 Å². The van der Waals surface area contributed by atoms with Crippen LogP contribution in [0.3, 0.4) is 0 Å². The average Bonchev–Trinajstić information content (AvgIpc) is 3.00. The van der Waals surface area contributed by atoms with Gasteiger partial charge in [0.1, 0.15) is 0 Å². The van der Waals surface area contributed by atoms with Crippen LogP contribution >= 0.6 is 0 Å². The third-order valence-corrected chi connectivity index (χ3v) is 2.94. The molecule has 4 nitrogen and oxygen atoms in total. The highest BCUT2D eigenvalue weighted by atomic mass is 16.1. The fraction of sp³-hybridized carbons (Fsp3) is 0.429. The second-order valence-corrected chi connectivity index (χ2v) is 4.47. The second kappa shape index (κ2) is 6.19. The molecule has 0 aliphatic rings. The van der Waals surface area contributed by atoms with E-state index in [1.54, 1.807) is 6.20 Å². The number of imidazole rings is 1. The smallest absolute Gasteiger partial charge is 0.164 e. The van der Waals surface area contributed by atoms with Crippen LogP contribution in [0.2, 0.25) is 0 Å². The lowest BCUT2D eigenvalue weighted by molar-refractivity contribution is 0.0981. The molecular weight excluding hydrogens is 226 g/mol. The third kappa shape index (κ3) is 3.32. The number of Topliss-reactive ketones (excluding diaryl/α,β-unsaturated/α-hetero) is 1. The van der Waals surface area contributed by atoms with Crippen LogP contribution < -0.4 is 0 Å². The van der Waals surface area contributed by atoms with Crippen molar-refractivity contribution in [3.8, 4) is 0 Å². The zero-order valence-electron chi connectivity index (χ0n) is 10.7. The molecule has 0 amide bonds. The maximum absolute atomic E-state index is 11.7. The number of carbonyl (C=O) groups excluding carboxylic acids is 1. The van der Waals surface area contributed by atoms with Crippen LogP contribution in [0.4, 0.5) is 0 Å². The molecule has 0 spiro atoms. The van der Waals surface area contributed by atoms with Gasteiger partial charge in [-0.1, -0.05) is 6.92 Å². The zero-order valence-corrected chi connectivity index (χ0v) is 10.7. The summed E-state index contributed by atoms with van der Waals surface area (Å²) in [4.78, 5) is 15.7. The molecule has 0 unspecified atom stereocenters. The van der Waals surface area contributed by atoms with Gasteiger partial charge < -0.3 is 9.13 Å². The van der Waals surface area contributed by atoms with Crippen molar-refractivity contribution < 1.29 is 4.79 Å². The highest BCUT2D eigenvalue weighted by Gasteiger charge is 2.05. The number of aryl methyl sites for hydroxylation is 2. The van der Waals surface area contributed by atoms with Crippen LogP contribution in [0.5, 0.6) is 0 Å². The summed E-state index contributed by atoms with van der Waals surface area (Å²) in [5.41, 5.74) is 0.833. The Morgan fingerprint density at radius 1 is 1.28 bits per heavy atom. The normalized spacial score (nSPS) is 10.7. The highest BCUT2D eigenvalue weighted by Crippen LogP contribution is 2.07. The number of hydrogen-bond acceptors (Lipinski definition) is 2. The molecule has 4 heteroatoms. The van der Waals surface area contributed by atoms with Gasteiger partial charge in [-0.2, -0.15) is 0 Å². The van der Waals surface area contributed by atoms with E-state index in [1.165, 1.54) is 0 Å². The molecule has 0 atom stereocenters. The van der Waals surface area contributed by atoms with Gasteiger partial charge >= 0.3 is 0 Å². The summed E-state index contributed by atoms with van der Waals surface area (Å²) in [6.45, 7) is 3.91. The zero-order chi connectivity index (χ0) is 12.8. The third-order valence-electron chi connectivity index (χ3n) is 2.94. The van der Waals surface area contributed by atoms with Crippen LogP contribution in [0, 0.1) is 0 Å². The van der Waals surface area contributed by atoms with Gasteiger partial charge in [-0.15, -0.1) is 0 Å². The molecule has 0 aromatic carbocycles. The monoisotopic (exact) mass is 245 g/mol. The largest absolute Gasteiger partial charge is 0.353 e. The topological polar surface area (TPSA) is 39.8 Å². The van der Waals surface area contributed by atoms with E-state index in [9.17, 15) is 4.79 Å². The van der Waals surface area contributed by atoms with Crippen molar-refractivity contribution in [3.05, 3.63) is 42.7 Å². The van der Waals surface area contributed by atoms with Crippen LogP contribution in [-0.4, -0.2) is 19.9 Å². The van der Waals surface area contributed by atoms with Gasteiger partial charge in [0.05, 0.1) is 6.33 Å². The molecule has 0 N–H and O–H groups in total. The Morgan fingerprint density at radius 2 is 2.11 bits per heavy atom. The SMILES string of the molecule is CCCC(=O)c1ccn(CCCn2ccnc2)c1. The predicted octanol–water partition coefficient (Wildman–Crippen LogP) is 2.76. The van der Waals surface area contributed by atoms with Gasteiger partial charge in [0, 0.05) is 49.9 Å². The number of aromatic nitrogens is 3. The second-order valence-electron chi connectivity index (χ2n) is 4.47. The summed E-state index contributed by atoms with van der Waals surface area (Å²) in [7, 11) is 0. The van der Waals surface area contributed by atoms with E-state index in [2.05, 4.69) is 14.1 Å². The van der Waals surface area contributed by atoms with E-state index >= 15 is 0 Å². The van der Waals surface area contributed by atoms with Crippen LogP contribution in [0.15, 0.2) is 37.2 Å². The standard InChI is InChI=1S/C14H19N3O/c1-2-4-14(18)13-5-9-16(11-13)7-3-8-17-10-6-15-12-17/h5-6,9-12H,2-4,7-8H2,1H3. The molecule has 0 radical (unpaired) electrons. The molecular formula is C14H19N3O. The number of rotatable bonds is 7. The van der Waals surface area contributed by atoms with Crippen molar-refractivity contribution in [2.75, 3.05) is 0 Å². The number of carbonyl (C=O) groups is 1. The van der Waals surface area contributed by atoms with Gasteiger partial charge in [0.2, 0.25) is 0 Å². The van der Waals surface area contributed by atoms with Crippen molar-refractivity contribution in [2.24, 2.45) is 0 Å². The van der Waals surface area contributed by atoms with E-state index in [0.29, 0.717) is 6.42 Å². The average molecular weight is 245 g/mol. The number of hydrogen-bond donors (Lipinski definition) is 0. The molecule has 0 fully saturated rings. The lowest BCUT2D eigenvalue weighted by Gasteiger charge is -2.03. The molecule has 0 saturated heterocycles. The van der Waals surface area contributed by atoms with Crippen molar-refractivity contribution in [1.82, 2.24) is 14.1 Å². The van der Waals surface area contributed by atoms with Gasteiger partial charge in [0.15, 0.2) is 5.78 Å². The van der Waals surface area contributed by atoms with Crippen molar-refractivity contribution in [1.29, 1.82) is 0 Å². The molecule has 2 aromatic rings. The predicted molar refractivity (Wildman–Crippen MR) is 70.5 cm³/mol. The molecule has 0 aliphatic carbocycles. The molecule has 18 heavy (non-hydrogen) atoms. The summed E-state index contributed by atoms with van der Waals surface area (Å²) in [6, 6.07) is 1.91. The first-order valence-electron chi connectivity index (χ1n) is 6.44. The first-order chi connectivity index (χ1) is 8.79. The van der Waals surface area contributed by atoms with E-state index in [1.807, 2.05) is 37.9 Å². The summed E-state index contributed by atoms with van der Waals surface area (Å²) in [5, 5.41) is 0. The highest BCUT2D eigenvalue weighted by molar-refractivity contribution is 5.95. The number of ketones is 1. The van der Waals surface area contributed by atoms with Crippen LogP contribution in [-0.2, 0) is 13.1 Å². The summed E-state index contributed by atoms with van der Waals surface area (Å²) in [6.07, 6.45) is 12.1. The van der Waals surface area contributed by atoms with Crippen molar-refractivity contribution in [2.45, 2.75) is 39.3 Å². The van der Waals surface area contributed by atoms with Gasteiger partial charge in [-0.05, 0) is 18.9 Å². The van der Waals surface area contributed by atoms with Crippen LogP contribution in [0.25, 0.3) is 0 Å². The summed E-state index contributed by atoms with van der Waals surface area (Å²) in [5.74, 6) is 0.242. The fourth-order valence-corrected chi connectivity index (χ4v) is 1.97. The quantitative estimate of drug-likeness (QED) is 0.704. The molecule has 0 bridgehead atoms. The van der Waals surface area contributed by atoms with Crippen LogP contribution in [0.1, 0.15) is 36.5 Å². The Bertz CT molecular complexity index is 485. The Hall–Kier alpha value is -1.84. The molecule has 0 aliphatic heterocycles. The van der Waals surface area contributed by atoms with Gasteiger partial charge in [-0.25, -0.2) is 4.98 Å². The first kappa shape index (κ1) is 12.6. The Labute approximate surface area is 107 Å². The first-order valence-corrected chi connectivity index (χ1v) is 6.44. The lowest BCUT2D eigenvalue weighted by Crippen LogP contribution is -2.01. The molecule has 0 saturated carbocycles. The minimum absolute atomic E-state index is 0.242. The van der Waals surface area contributed by atoms with E-state index in [4.69, 9.17) is 0 Å². The maximum atomic E-state index is 11.7. The van der Waals surface area contributed by atoms with E-state index < -0.39 is 0 Å². The Balaban J connectivity index is 1.81. The fourth-order valence-electron chi connectivity index (χ4n) is 1.97. The lowest BCUT2D eigenvalue weighted by atomic mass is 10.1. The van der Waals surface area contributed by atoms with Gasteiger partial charge in [-0.3, -0.25) is 4.79 Å². The summed E-state index contributed by atoms with van der Waals surface area (Å²) < 4.78 is 4.15. The molecule has 2 aromatic heterocycles. The molecule has 96 valence electrons. The van der Waals surface area contributed by atoms with Crippen molar-refractivity contribution in [3.63, 3.8) is 0 Å². The Kier molecular flexibility index (Phi) is 4.34. The molecule has 2 heterocycles. The van der Waals surface area contributed by atoms with Gasteiger partial charge in [0.25, 0.3) is 0 Å². The summed E-state index contributed by atoms with van der Waals surface area (Å²) >= 11 is 0. The minimum atomic E-state index is 0.242. The number of nitrogens with zero attached hydrogens (tertiary/aromatic N) is 3. The minimum Gasteiger partial charge on any atom is -0.353 e. The van der Waals surface area contributed by atoms with E-state index in [-0.39, 0.29) is 5.78 Å². The maximum Gasteiger partial charge on any atom is 0.164 e. The van der Waals surface area contributed by atoms with Crippen molar-refractivity contribution >= 4 is 5.78 Å².